The number of anilines is 5. The Hall–Kier alpha value is -3.32. The van der Waals surface area contributed by atoms with Crippen molar-refractivity contribution in [2.24, 2.45) is 0 Å². The topological polar surface area (TPSA) is 82.2 Å². The van der Waals surface area contributed by atoms with Crippen LogP contribution in [0.25, 0.3) is 0 Å². The third-order valence-electron chi connectivity index (χ3n) is 3.80. The molecule has 28 heavy (non-hydrogen) atoms. The maximum atomic E-state index is 12.1. The summed E-state index contributed by atoms with van der Waals surface area (Å²) in [4.78, 5) is 22.8. The van der Waals surface area contributed by atoms with Crippen LogP contribution in [-0.2, 0) is 0 Å². The molecule has 0 aliphatic heterocycles. The fraction of sp³-hybridized carbons (Fsp3) is 0.150. The highest BCUT2D eigenvalue weighted by atomic mass is 35.5. The SMILES string of the molecule is Cc1nc(Nc2ccc(NC(=O)Nc3ccc(Cl)cc3)cc2)cc(N(C)C)n1. The summed E-state index contributed by atoms with van der Waals surface area (Å²) in [6.07, 6.45) is 0. The van der Waals surface area contributed by atoms with E-state index in [0.29, 0.717) is 28.0 Å². The lowest BCUT2D eigenvalue weighted by Crippen LogP contribution is -2.19. The predicted molar refractivity (Wildman–Crippen MR) is 115 cm³/mol. The number of amides is 2. The third-order valence-corrected chi connectivity index (χ3v) is 4.05. The van der Waals surface area contributed by atoms with Crippen molar-refractivity contribution in [3.05, 3.63) is 65.4 Å². The molecule has 0 spiro atoms. The van der Waals surface area contributed by atoms with Crippen LogP contribution < -0.4 is 20.9 Å². The molecule has 0 aliphatic rings. The molecule has 0 aliphatic carbocycles. The maximum absolute atomic E-state index is 12.1. The Bertz CT molecular complexity index is 957. The molecule has 0 saturated carbocycles. The van der Waals surface area contributed by atoms with E-state index in [2.05, 4.69) is 25.9 Å². The molecule has 1 heterocycles. The van der Waals surface area contributed by atoms with E-state index < -0.39 is 0 Å². The number of aromatic nitrogens is 2. The molecule has 3 rings (SSSR count). The minimum Gasteiger partial charge on any atom is -0.363 e. The summed E-state index contributed by atoms with van der Waals surface area (Å²) in [7, 11) is 3.86. The quantitative estimate of drug-likeness (QED) is 0.571. The number of rotatable bonds is 5. The number of aryl methyl sites for hydroxylation is 1. The van der Waals surface area contributed by atoms with Gasteiger partial charge in [0.2, 0.25) is 0 Å². The number of carbonyl (C=O) groups is 1. The summed E-state index contributed by atoms with van der Waals surface area (Å²) >= 11 is 5.84. The second-order valence-electron chi connectivity index (χ2n) is 6.34. The van der Waals surface area contributed by atoms with Gasteiger partial charge >= 0.3 is 6.03 Å². The van der Waals surface area contributed by atoms with Gasteiger partial charge in [0.1, 0.15) is 17.5 Å². The van der Waals surface area contributed by atoms with Gasteiger partial charge in [0.25, 0.3) is 0 Å². The minimum absolute atomic E-state index is 0.329. The number of nitrogens with zero attached hydrogens (tertiary/aromatic N) is 3. The molecule has 0 bridgehead atoms. The molecule has 3 N–H and O–H groups in total. The van der Waals surface area contributed by atoms with Crippen molar-refractivity contribution >= 4 is 46.3 Å². The number of benzene rings is 2. The zero-order valence-electron chi connectivity index (χ0n) is 15.8. The van der Waals surface area contributed by atoms with E-state index in [-0.39, 0.29) is 6.03 Å². The monoisotopic (exact) mass is 396 g/mol. The molecule has 3 aromatic rings. The first-order valence-corrected chi connectivity index (χ1v) is 9.00. The Balaban J connectivity index is 1.62. The zero-order valence-corrected chi connectivity index (χ0v) is 16.6. The summed E-state index contributed by atoms with van der Waals surface area (Å²) in [5, 5.41) is 9.40. The van der Waals surface area contributed by atoms with Gasteiger partial charge in [-0.25, -0.2) is 14.8 Å². The van der Waals surface area contributed by atoms with Crippen LogP contribution in [0.3, 0.4) is 0 Å². The molecular formula is C20H21ClN6O. The van der Waals surface area contributed by atoms with Gasteiger partial charge in [0, 0.05) is 42.2 Å². The second-order valence-corrected chi connectivity index (χ2v) is 6.78. The predicted octanol–water partition coefficient (Wildman–Crippen LogP) is 4.89. The number of halogens is 1. The second kappa shape index (κ2) is 8.58. The standard InChI is InChI=1S/C20H21ClN6O/c1-13-22-18(12-19(23-13)27(2)3)24-15-8-10-17(11-9-15)26-20(28)25-16-6-4-14(21)5-7-16/h4-12H,1-3H3,(H,22,23,24)(H2,25,26,28). The Labute approximate surface area is 168 Å². The molecule has 0 saturated heterocycles. The lowest BCUT2D eigenvalue weighted by molar-refractivity contribution is 0.262. The van der Waals surface area contributed by atoms with Crippen molar-refractivity contribution < 1.29 is 4.79 Å². The van der Waals surface area contributed by atoms with E-state index in [9.17, 15) is 4.79 Å². The zero-order chi connectivity index (χ0) is 20.1. The molecule has 0 unspecified atom stereocenters. The van der Waals surface area contributed by atoms with Crippen LogP contribution in [0.15, 0.2) is 54.6 Å². The van der Waals surface area contributed by atoms with E-state index in [1.165, 1.54) is 0 Å². The van der Waals surface area contributed by atoms with Gasteiger partial charge in [-0.15, -0.1) is 0 Å². The normalized spacial score (nSPS) is 10.3. The molecule has 1 aromatic heterocycles. The van der Waals surface area contributed by atoms with Gasteiger partial charge in [0.15, 0.2) is 0 Å². The number of hydrogen-bond acceptors (Lipinski definition) is 5. The van der Waals surface area contributed by atoms with Gasteiger partial charge in [-0.1, -0.05) is 11.6 Å². The van der Waals surface area contributed by atoms with E-state index in [1.54, 1.807) is 24.3 Å². The van der Waals surface area contributed by atoms with E-state index in [1.807, 2.05) is 56.3 Å². The smallest absolute Gasteiger partial charge is 0.323 e. The first-order chi connectivity index (χ1) is 13.4. The van der Waals surface area contributed by atoms with Gasteiger partial charge in [-0.2, -0.15) is 0 Å². The largest absolute Gasteiger partial charge is 0.363 e. The Kier molecular flexibility index (Phi) is 5.96. The first-order valence-electron chi connectivity index (χ1n) is 8.63. The van der Waals surface area contributed by atoms with Gasteiger partial charge in [-0.05, 0) is 55.5 Å². The third kappa shape index (κ3) is 5.34. The van der Waals surface area contributed by atoms with Crippen LogP contribution in [0.1, 0.15) is 5.82 Å². The fourth-order valence-electron chi connectivity index (χ4n) is 2.46. The van der Waals surface area contributed by atoms with Crippen LogP contribution in [0.2, 0.25) is 5.02 Å². The van der Waals surface area contributed by atoms with Crippen LogP contribution in [0, 0.1) is 6.92 Å². The number of urea groups is 1. The fourth-order valence-corrected chi connectivity index (χ4v) is 2.58. The first kappa shape index (κ1) is 19.4. The average Bonchev–Trinajstić information content (AvgIpc) is 2.65. The van der Waals surface area contributed by atoms with Crippen molar-refractivity contribution in [2.75, 3.05) is 34.9 Å². The maximum Gasteiger partial charge on any atom is 0.323 e. The molecule has 0 atom stereocenters. The molecule has 0 fully saturated rings. The average molecular weight is 397 g/mol. The molecular weight excluding hydrogens is 376 g/mol. The Morgan fingerprint density at radius 1 is 0.893 bits per heavy atom. The summed E-state index contributed by atoms with van der Waals surface area (Å²) in [5.41, 5.74) is 2.19. The minimum atomic E-state index is -0.329. The van der Waals surface area contributed by atoms with E-state index in [0.717, 1.165) is 11.5 Å². The van der Waals surface area contributed by atoms with E-state index >= 15 is 0 Å². The summed E-state index contributed by atoms with van der Waals surface area (Å²) < 4.78 is 0. The van der Waals surface area contributed by atoms with Crippen molar-refractivity contribution in [1.29, 1.82) is 0 Å². The van der Waals surface area contributed by atoms with Crippen molar-refractivity contribution in [2.45, 2.75) is 6.92 Å². The highest BCUT2D eigenvalue weighted by Gasteiger charge is 2.06. The van der Waals surface area contributed by atoms with E-state index in [4.69, 9.17) is 11.6 Å². The highest BCUT2D eigenvalue weighted by molar-refractivity contribution is 6.30. The highest BCUT2D eigenvalue weighted by Crippen LogP contribution is 2.21. The van der Waals surface area contributed by atoms with Crippen LogP contribution in [-0.4, -0.2) is 30.1 Å². The molecule has 7 nitrogen and oxygen atoms in total. The lowest BCUT2D eigenvalue weighted by Gasteiger charge is -2.14. The summed E-state index contributed by atoms with van der Waals surface area (Å²) in [6, 6.07) is 15.8. The molecule has 0 radical (unpaired) electrons. The van der Waals surface area contributed by atoms with Crippen molar-refractivity contribution in [1.82, 2.24) is 9.97 Å². The molecule has 2 aromatic carbocycles. The van der Waals surface area contributed by atoms with Gasteiger partial charge in [-0.3, -0.25) is 0 Å². The van der Waals surface area contributed by atoms with Crippen LogP contribution >= 0.6 is 11.6 Å². The Morgan fingerprint density at radius 3 is 2.00 bits per heavy atom. The number of nitrogens with one attached hydrogen (secondary N) is 3. The van der Waals surface area contributed by atoms with Crippen molar-refractivity contribution in [3.8, 4) is 0 Å². The lowest BCUT2D eigenvalue weighted by atomic mass is 10.2. The van der Waals surface area contributed by atoms with Crippen molar-refractivity contribution in [3.63, 3.8) is 0 Å². The molecule has 2 amide bonds. The number of hydrogen-bond donors (Lipinski definition) is 3. The summed E-state index contributed by atoms with van der Waals surface area (Å²) in [5.74, 6) is 2.22. The van der Waals surface area contributed by atoms with Gasteiger partial charge in [0.05, 0.1) is 0 Å². The number of carbonyl (C=O) groups excluding carboxylic acids is 1. The summed E-state index contributed by atoms with van der Waals surface area (Å²) in [6.45, 7) is 1.85. The van der Waals surface area contributed by atoms with Gasteiger partial charge < -0.3 is 20.9 Å². The van der Waals surface area contributed by atoms with Crippen LogP contribution in [0.5, 0.6) is 0 Å². The molecule has 144 valence electrons. The van der Waals surface area contributed by atoms with Crippen LogP contribution in [0.4, 0.5) is 33.5 Å². The molecule has 8 heteroatoms. The Morgan fingerprint density at radius 2 is 1.43 bits per heavy atom.